The molecule has 1 aromatic heterocycles. The third-order valence-electron chi connectivity index (χ3n) is 4.74. The molecule has 2 amide bonds. The van der Waals surface area contributed by atoms with E-state index in [9.17, 15) is 27.6 Å². The number of hydrogen-bond acceptors (Lipinski definition) is 4. The van der Waals surface area contributed by atoms with Crippen molar-refractivity contribution in [1.29, 1.82) is 0 Å². The van der Waals surface area contributed by atoms with Gasteiger partial charge in [-0.3, -0.25) is 14.4 Å². The summed E-state index contributed by atoms with van der Waals surface area (Å²) in [5.41, 5.74) is -0.979. The molecule has 10 heteroatoms. The lowest BCUT2D eigenvalue weighted by Gasteiger charge is -2.11. The topological polar surface area (TPSA) is 104 Å². The first-order valence-electron chi connectivity index (χ1n) is 9.60. The maximum atomic E-state index is 12.9. The summed E-state index contributed by atoms with van der Waals surface area (Å²) in [5.74, 6) is -1.27. The van der Waals surface area contributed by atoms with Crippen LogP contribution in [0.2, 0.25) is 0 Å². The van der Waals surface area contributed by atoms with E-state index in [1.54, 1.807) is 24.3 Å². The van der Waals surface area contributed by atoms with Crippen LogP contribution in [-0.4, -0.2) is 22.0 Å². The Bertz CT molecular complexity index is 1430. The maximum Gasteiger partial charge on any atom is 0.416 e. The predicted molar refractivity (Wildman–Crippen MR) is 116 cm³/mol. The molecular formula is C23H15F3N4O3. The number of carbonyl (C=O) groups excluding carboxylic acids is 2. The Kier molecular flexibility index (Phi) is 5.65. The molecule has 0 saturated heterocycles. The number of alkyl halides is 3. The summed E-state index contributed by atoms with van der Waals surface area (Å²) in [5, 5.41) is 11.8. The number of nitrogens with one attached hydrogen (secondary N) is 3. The molecule has 0 fully saturated rings. The highest BCUT2D eigenvalue weighted by Crippen LogP contribution is 2.30. The lowest BCUT2D eigenvalue weighted by Crippen LogP contribution is -2.19. The number of anilines is 2. The zero-order valence-corrected chi connectivity index (χ0v) is 16.7. The van der Waals surface area contributed by atoms with Crippen LogP contribution in [0.3, 0.4) is 0 Å². The van der Waals surface area contributed by atoms with Crippen molar-refractivity contribution >= 4 is 34.0 Å². The number of nitrogens with zero attached hydrogens (tertiary/aromatic N) is 1. The molecule has 0 aliphatic rings. The van der Waals surface area contributed by atoms with Gasteiger partial charge < -0.3 is 10.6 Å². The number of benzene rings is 3. The molecule has 0 atom stereocenters. The van der Waals surface area contributed by atoms with Gasteiger partial charge in [0.15, 0.2) is 5.69 Å². The molecule has 0 unspecified atom stereocenters. The van der Waals surface area contributed by atoms with Gasteiger partial charge in [0.1, 0.15) is 0 Å². The van der Waals surface area contributed by atoms with Crippen LogP contribution in [0.25, 0.3) is 10.8 Å². The second-order valence-electron chi connectivity index (χ2n) is 7.01. The highest BCUT2D eigenvalue weighted by Gasteiger charge is 2.30. The van der Waals surface area contributed by atoms with Crippen LogP contribution >= 0.6 is 0 Å². The normalized spacial score (nSPS) is 11.2. The minimum absolute atomic E-state index is 0.0102. The highest BCUT2D eigenvalue weighted by molar-refractivity contribution is 6.11. The number of H-pyrrole nitrogens is 1. The molecule has 166 valence electrons. The lowest BCUT2D eigenvalue weighted by molar-refractivity contribution is -0.137. The fourth-order valence-electron chi connectivity index (χ4n) is 3.19. The number of halogens is 3. The largest absolute Gasteiger partial charge is 0.416 e. The maximum absolute atomic E-state index is 12.9. The van der Waals surface area contributed by atoms with E-state index in [4.69, 9.17) is 0 Å². The van der Waals surface area contributed by atoms with Gasteiger partial charge in [0.05, 0.1) is 10.9 Å². The predicted octanol–water partition coefficient (Wildman–Crippen LogP) is 4.45. The Morgan fingerprint density at radius 2 is 1.42 bits per heavy atom. The molecule has 3 N–H and O–H groups in total. The molecule has 7 nitrogen and oxygen atoms in total. The molecule has 1 heterocycles. The van der Waals surface area contributed by atoms with Crippen molar-refractivity contribution in [2.45, 2.75) is 6.18 Å². The summed E-state index contributed by atoms with van der Waals surface area (Å²) in [4.78, 5) is 37.2. The van der Waals surface area contributed by atoms with Gasteiger partial charge in [0, 0.05) is 22.3 Å². The smallest absolute Gasteiger partial charge is 0.322 e. The molecule has 3 aromatic carbocycles. The standard InChI is InChI=1S/C23H15F3N4O3/c24-23(25,26)14-6-4-8-16(12-14)27-20(31)13-5-3-7-15(11-13)28-22(33)19-17-9-1-2-10-18(17)21(32)30-29-19/h1-12H,(H,27,31)(H,28,33)(H,30,32). The van der Waals surface area contributed by atoms with Gasteiger partial charge in [-0.25, -0.2) is 5.10 Å². The molecule has 0 spiro atoms. The summed E-state index contributed by atoms with van der Waals surface area (Å²) < 4.78 is 38.7. The third-order valence-corrected chi connectivity index (χ3v) is 4.74. The van der Waals surface area contributed by atoms with E-state index in [0.717, 1.165) is 12.1 Å². The fourth-order valence-corrected chi connectivity index (χ4v) is 3.19. The summed E-state index contributed by atoms with van der Waals surface area (Å²) >= 11 is 0. The molecule has 0 aliphatic carbocycles. The quantitative estimate of drug-likeness (QED) is 0.426. The molecule has 33 heavy (non-hydrogen) atoms. The molecule has 4 rings (SSSR count). The fraction of sp³-hybridized carbons (Fsp3) is 0.0435. The molecule has 0 saturated carbocycles. The summed E-state index contributed by atoms with van der Waals surface area (Å²) in [6.45, 7) is 0. The van der Waals surface area contributed by atoms with Crippen molar-refractivity contribution in [3.8, 4) is 0 Å². The number of carbonyl (C=O) groups is 2. The number of aromatic amines is 1. The minimum Gasteiger partial charge on any atom is -0.322 e. The SMILES string of the molecule is O=C(Nc1cccc(C(F)(F)F)c1)c1cccc(NC(=O)c2n[nH]c(=O)c3ccccc23)c1. The number of hydrogen-bond donors (Lipinski definition) is 3. The van der Waals surface area contributed by atoms with Gasteiger partial charge in [-0.15, -0.1) is 0 Å². The first-order valence-corrected chi connectivity index (χ1v) is 9.60. The van der Waals surface area contributed by atoms with Crippen molar-refractivity contribution in [3.63, 3.8) is 0 Å². The van der Waals surface area contributed by atoms with E-state index in [1.807, 2.05) is 0 Å². The Hall–Kier alpha value is -4.47. The van der Waals surface area contributed by atoms with Gasteiger partial charge in [-0.2, -0.15) is 18.3 Å². The summed E-state index contributed by atoms with van der Waals surface area (Å²) in [7, 11) is 0. The van der Waals surface area contributed by atoms with Crippen LogP contribution in [-0.2, 0) is 6.18 Å². The highest BCUT2D eigenvalue weighted by atomic mass is 19.4. The minimum atomic E-state index is -4.54. The van der Waals surface area contributed by atoms with Crippen molar-refractivity contribution < 1.29 is 22.8 Å². The van der Waals surface area contributed by atoms with Crippen LogP contribution in [0, 0.1) is 0 Å². The number of fused-ring (bicyclic) bond motifs is 1. The molecule has 0 aliphatic heterocycles. The van der Waals surface area contributed by atoms with E-state index < -0.39 is 29.1 Å². The molecule has 0 bridgehead atoms. The molecule has 4 aromatic rings. The number of rotatable bonds is 4. The number of amides is 2. The van der Waals surface area contributed by atoms with E-state index in [-0.39, 0.29) is 22.6 Å². The second-order valence-corrected chi connectivity index (χ2v) is 7.01. The van der Waals surface area contributed by atoms with Crippen molar-refractivity contribution in [1.82, 2.24) is 10.2 Å². The second kappa shape index (κ2) is 8.58. The first-order chi connectivity index (χ1) is 15.7. The van der Waals surface area contributed by atoms with Crippen LogP contribution in [0.5, 0.6) is 0 Å². The average molecular weight is 452 g/mol. The van der Waals surface area contributed by atoms with Crippen molar-refractivity contribution in [3.05, 3.63) is 100.0 Å². The first kappa shape index (κ1) is 21.8. The van der Waals surface area contributed by atoms with E-state index in [0.29, 0.717) is 10.8 Å². The van der Waals surface area contributed by atoms with E-state index in [2.05, 4.69) is 20.8 Å². The Morgan fingerprint density at radius 3 is 2.15 bits per heavy atom. The van der Waals surface area contributed by atoms with Gasteiger partial charge >= 0.3 is 6.18 Å². The van der Waals surface area contributed by atoms with Gasteiger partial charge in [-0.1, -0.05) is 30.3 Å². The van der Waals surface area contributed by atoms with Crippen LogP contribution in [0.4, 0.5) is 24.5 Å². The molecular weight excluding hydrogens is 437 g/mol. The average Bonchev–Trinajstić information content (AvgIpc) is 2.79. The van der Waals surface area contributed by atoms with Crippen LogP contribution in [0.1, 0.15) is 26.4 Å². The van der Waals surface area contributed by atoms with Gasteiger partial charge in [0.2, 0.25) is 0 Å². The monoisotopic (exact) mass is 452 g/mol. The van der Waals surface area contributed by atoms with E-state index >= 15 is 0 Å². The van der Waals surface area contributed by atoms with E-state index in [1.165, 1.54) is 36.4 Å². The van der Waals surface area contributed by atoms with Crippen molar-refractivity contribution in [2.75, 3.05) is 10.6 Å². The Balaban J connectivity index is 1.54. The zero-order valence-electron chi connectivity index (χ0n) is 16.7. The number of aromatic nitrogens is 2. The Labute approximate surface area is 184 Å². The zero-order chi connectivity index (χ0) is 23.6. The Morgan fingerprint density at radius 1 is 0.788 bits per heavy atom. The van der Waals surface area contributed by atoms with Gasteiger partial charge in [-0.05, 0) is 42.5 Å². The molecule has 0 radical (unpaired) electrons. The lowest BCUT2D eigenvalue weighted by atomic mass is 10.1. The van der Waals surface area contributed by atoms with Crippen LogP contribution < -0.4 is 16.2 Å². The third kappa shape index (κ3) is 4.74. The summed E-state index contributed by atoms with van der Waals surface area (Å²) in [6, 6.07) is 16.6. The van der Waals surface area contributed by atoms with Crippen molar-refractivity contribution in [2.24, 2.45) is 0 Å². The summed E-state index contributed by atoms with van der Waals surface area (Å²) in [6.07, 6.45) is -4.54. The van der Waals surface area contributed by atoms with Gasteiger partial charge in [0.25, 0.3) is 17.4 Å². The van der Waals surface area contributed by atoms with Crippen LogP contribution in [0.15, 0.2) is 77.6 Å².